The fourth-order valence-electron chi connectivity index (χ4n) is 2.02. The summed E-state index contributed by atoms with van der Waals surface area (Å²) in [5.74, 6) is 0. The van der Waals surface area contributed by atoms with Crippen LogP contribution in [0.4, 0.5) is 11.4 Å². The quantitative estimate of drug-likeness (QED) is 0.648. The largest absolute Gasteiger partial charge is 0.394 e. The number of benzene rings is 2. The van der Waals surface area contributed by atoms with Gasteiger partial charge in [0.05, 0.1) is 17.6 Å². The van der Waals surface area contributed by atoms with Gasteiger partial charge in [-0.3, -0.25) is 10.1 Å². The third kappa shape index (κ3) is 3.13. The van der Waals surface area contributed by atoms with Crippen LogP contribution in [-0.2, 0) is 0 Å². The average Bonchev–Trinajstić information content (AvgIpc) is 2.47. The van der Waals surface area contributed by atoms with Gasteiger partial charge >= 0.3 is 0 Å². The Hall–Kier alpha value is -2.40. The maximum atomic E-state index is 10.9. The van der Waals surface area contributed by atoms with Gasteiger partial charge in [-0.25, -0.2) is 0 Å². The Morgan fingerprint density at radius 1 is 1.25 bits per heavy atom. The van der Waals surface area contributed by atoms with Crippen molar-refractivity contribution in [3.05, 3.63) is 69.8 Å². The molecule has 0 amide bonds. The summed E-state index contributed by atoms with van der Waals surface area (Å²) in [6.07, 6.45) is 0. The summed E-state index contributed by atoms with van der Waals surface area (Å²) in [5, 5.41) is 23.5. The molecular formula is C15H16N2O3. The lowest BCUT2D eigenvalue weighted by atomic mass is 10.1. The van der Waals surface area contributed by atoms with E-state index in [1.165, 1.54) is 6.07 Å². The van der Waals surface area contributed by atoms with Gasteiger partial charge in [0.1, 0.15) is 0 Å². The molecule has 1 atom stereocenters. The molecule has 0 fully saturated rings. The van der Waals surface area contributed by atoms with Gasteiger partial charge in [-0.1, -0.05) is 36.4 Å². The van der Waals surface area contributed by atoms with Gasteiger partial charge in [0.25, 0.3) is 5.69 Å². The summed E-state index contributed by atoms with van der Waals surface area (Å²) in [4.78, 5) is 10.5. The molecule has 2 rings (SSSR count). The summed E-state index contributed by atoms with van der Waals surface area (Å²) in [6.45, 7) is 1.61. The van der Waals surface area contributed by atoms with Crippen molar-refractivity contribution in [1.29, 1.82) is 0 Å². The second-order valence-electron chi connectivity index (χ2n) is 4.55. The van der Waals surface area contributed by atoms with E-state index in [2.05, 4.69) is 5.32 Å². The zero-order chi connectivity index (χ0) is 14.5. The van der Waals surface area contributed by atoms with E-state index in [-0.39, 0.29) is 18.3 Å². The normalized spacial score (nSPS) is 11.9. The first-order valence-corrected chi connectivity index (χ1v) is 6.29. The number of hydrogen-bond acceptors (Lipinski definition) is 4. The van der Waals surface area contributed by atoms with Crippen molar-refractivity contribution >= 4 is 11.4 Å². The molecule has 2 N–H and O–H groups in total. The number of anilines is 1. The number of nitro groups is 1. The first kappa shape index (κ1) is 14.0. The van der Waals surface area contributed by atoms with E-state index >= 15 is 0 Å². The van der Waals surface area contributed by atoms with Crippen molar-refractivity contribution in [3.8, 4) is 0 Å². The monoisotopic (exact) mass is 272 g/mol. The third-order valence-corrected chi connectivity index (χ3v) is 3.13. The van der Waals surface area contributed by atoms with E-state index in [9.17, 15) is 15.2 Å². The molecule has 1 unspecified atom stereocenters. The number of aryl methyl sites for hydroxylation is 1. The highest BCUT2D eigenvalue weighted by Crippen LogP contribution is 2.25. The highest BCUT2D eigenvalue weighted by molar-refractivity contribution is 5.55. The molecule has 0 aliphatic rings. The third-order valence-electron chi connectivity index (χ3n) is 3.13. The van der Waals surface area contributed by atoms with Crippen molar-refractivity contribution in [2.45, 2.75) is 13.0 Å². The lowest BCUT2D eigenvalue weighted by Gasteiger charge is -2.18. The number of nitrogens with zero attached hydrogens (tertiary/aromatic N) is 1. The molecule has 0 saturated heterocycles. The summed E-state index contributed by atoms with van der Waals surface area (Å²) in [6, 6.07) is 14.1. The number of rotatable bonds is 5. The number of nitro benzene ring substituents is 1. The van der Waals surface area contributed by atoms with Crippen LogP contribution in [0.1, 0.15) is 17.2 Å². The van der Waals surface area contributed by atoms with Crippen LogP contribution < -0.4 is 5.32 Å². The number of hydrogen-bond donors (Lipinski definition) is 2. The van der Waals surface area contributed by atoms with Crippen LogP contribution in [0.3, 0.4) is 0 Å². The van der Waals surface area contributed by atoms with E-state index in [0.29, 0.717) is 11.3 Å². The molecule has 0 radical (unpaired) electrons. The standard InChI is InChI=1S/C15H16N2O3/c1-11-7-8-13(9-15(11)17(19)20)16-14(10-18)12-5-3-2-4-6-12/h2-9,14,16,18H,10H2,1H3. The van der Waals surface area contributed by atoms with Crippen LogP contribution in [0.5, 0.6) is 0 Å². The Morgan fingerprint density at radius 3 is 2.55 bits per heavy atom. The van der Waals surface area contributed by atoms with Crippen LogP contribution in [0.2, 0.25) is 0 Å². The second kappa shape index (κ2) is 6.16. The summed E-state index contributed by atoms with van der Waals surface area (Å²) >= 11 is 0. The summed E-state index contributed by atoms with van der Waals surface area (Å²) in [5.41, 5.74) is 2.23. The Morgan fingerprint density at radius 2 is 1.95 bits per heavy atom. The smallest absolute Gasteiger partial charge is 0.274 e. The van der Waals surface area contributed by atoms with Crippen molar-refractivity contribution in [2.24, 2.45) is 0 Å². The Labute approximate surface area is 117 Å². The number of aliphatic hydroxyl groups is 1. The average molecular weight is 272 g/mol. The molecule has 0 aliphatic heterocycles. The molecule has 0 aliphatic carbocycles. The summed E-state index contributed by atoms with van der Waals surface area (Å²) in [7, 11) is 0. The molecule has 2 aromatic rings. The van der Waals surface area contributed by atoms with Crippen molar-refractivity contribution in [2.75, 3.05) is 11.9 Å². The minimum absolute atomic E-state index is 0.0692. The number of nitrogens with one attached hydrogen (secondary N) is 1. The topological polar surface area (TPSA) is 75.4 Å². The zero-order valence-electron chi connectivity index (χ0n) is 11.1. The summed E-state index contributed by atoms with van der Waals surface area (Å²) < 4.78 is 0. The fourth-order valence-corrected chi connectivity index (χ4v) is 2.02. The maximum absolute atomic E-state index is 10.9. The van der Waals surface area contributed by atoms with Crippen molar-refractivity contribution in [3.63, 3.8) is 0 Å². The van der Waals surface area contributed by atoms with Gasteiger partial charge in [-0.2, -0.15) is 0 Å². The minimum atomic E-state index is -0.406. The molecule has 5 heteroatoms. The SMILES string of the molecule is Cc1ccc(NC(CO)c2ccccc2)cc1[N+](=O)[O-]. The lowest BCUT2D eigenvalue weighted by molar-refractivity contribution is -0.385. The van der Waals surface area contributed by atoms with Crippen LogP contribution in [0.25, 0.3) is 0 Å². The highest BCUT2D eigenvalue weighted by atomic mass is 16.6. The zero-order valence-corrected chi connectivity index (χ0v) is 11.1. The van der Waals surface area contributed by atoms with Gasteiger partial charge in [-0.15, -0.1) is 0 Å². The van der Waals surface area contributed by atoms with E-state index in [1.54, 1.807) is 19.1 Å². The maximum Gasteiger partial charge on any atom is 0.274 e. The molecule has 0 heterocycles. The van der Waals surface area contributed by atoms with Crippen LogP contribution >= 0.6 is 0 Å². The minimum Gasteiger partial charge on any atom is -0.394 e. The predicted octanol–water partition coefficient (Wildman–Crippen LogP) is 3.05. The van der Waals surface area contributed by atoms with Crippen LogP contribution in [0.15, 0.2) is 48.5 Å². The van der Waals surface area contributed by atoms with E-state index < -0.39 is 4.92 Å². The van der Waals surface area contributed by atoms with Crippen LogP contribution in [-0.4, -0.2) is 16.6 Å². The predicted molar refractivity (Wildman–Crippen MR) is 77.7 cm³/mol. The molecule has 0 bridgehead atoms. The van der Waals surface area contributed by atoms with Gasteiger partial charge in [0.2, 0.25) is 0 Å². The lowest BCUT2D eigenvalue weighted by Crippen LogP contribution is -2.14. The van der Waals surface area contributed by atoms with E-state index in [1.807, 2.05) is 30.3 Å². The first-order valence-electron chi connectivity index (χ1n) is 6.29. The van der Waals surface area contributed by atoms with E-state index in [4.69, 9.17) is 0 Å². The van der Waals surface area contributed by atoms with Crippen molar-refractivity contribution in [1.82, 2.24) is 0 Å². The van der Waals surface area contributed by atoms with Gasteiger partial charge in [-0.05, 0) is 18.6 Å². The molecule has 5 nitrogen and oxygen atoms in total. The molecule has 2 aromatic carbocycles. The molecular weight excluding hydrogens is 256 g/mol. The number of aliphatic hydroxyl groups excluding tert-OH is 1. The van der Waals surface area contributed by atoms with Crippen molar-refractivity contribution < 1.29 is 10.0 Å². The molecule has 0 aromatic heterocycles. The van der Waals surface area contributed by atoms with E-state index in [0.717, 1.165) is 5.56 Å². The molecule has 0 saturated carbocycles. The molecule has 104 valence electrons. The molecule has 20 heavy (non-hydrogen) atoms. The first-order chi connectivity index (χ1) is 9.61. The van der Waals surface area contributed by atoms with Gasteiger partial charge < -0.3 is 10.4 Å². The van der Waals surface area contributed by atoms with Gasteiger partial charge in [0.15, 0.2) is 0 Å². The highest BCUT2D eigenvalue weighted by Gasteiger charge is 2.14. The Balaban J connectivity index is 2.24. The fraction of sp³-hybridized carbons (Fsp3) is 0.200. The van der Waals surface area contributed by atoms with Crippen LogP contribution in [0, 0.1) is 17.0 Å². The molecule has 0 spiro atoms. The van der Waals surface area contributed by atoms with Gasteiger partial charge in [0, 0.05) is 17.3 Å². The Kier molecular flexibility index (Phi) is 4.32. The second-order valence-corrected chi connectivity index (χ2v) is 4.55. The Bertz CT molecular complexity index is 599.